The van der Waals surface area contributed by atoms with Crippen molar-refractivity contribution in [3.8, 4) is 0 Å². The summed E-state index contributed by atoms with van der Waals surface area (Å²) in [5.74, 6) is 0.00437. The molecule has 1 atom stereocenters. The first-order valence-electron chi connectivity index (χ1n) is 7.42. The quantitative estimate of drug-likeness (QED) is 0.785. The molecule has 0 bridgehead atoms. The van der Waals surface area contributed by atoms with Crippen molar-refractivity contribution in [1.82, 2.24) is 10.2 Å². The van der Waals surface area contributed by atoms with Gasteiger partial charge in [-0.15, -0.1) is 0 Å². The van der Waals surface area contributed by atoms with Gasteiger partial charge in [-0.25, -0.2) is 0 Å². The number of nitrogens with zero attached hydrogens (tertiary/aromatic N) is 1. The van der Waals surface area contributed by atoms with Crippen LogP contribution in [0.15, 0.2) is 53.0 Å². The molecule has 2 rings (SSSR count). The minimum Gasteiger partial charge on any atom is -0.348 e. The van der Waals surface area contributed by atoms with Crippen molar-refractivity contribution in [3.05, 3.63) is 69.2 Å². The van der Waals surface area contributed by atoms with Gasteiger partial charge >= 0.3 is 0 Å². The third-order valence-corrected chi connectivity index (χ3v) is 4.50. The minimum atomic E-state index is -0.0398. The third-order valence-electron chi connectivity index (χ3n) is 3.53. The highest BCUT2D eigenvalue weighted by molar-refractivity contribution is 9.10. The van der Waals surface area contributed by atoms with Gasteiger partial charge in [0.15, 0.2) is 0 Å². The van der Waals surface area contributed by atoms with Crippen molar-refractivity contribution < 1.29 is 4.79 Å². The van der Waals surface area contributed by atoms with Crippen LogP contribution in [-0.2, 0) is 11.3 Å². The van der Waals surface area contributed by atoms with E-state index in [2.05, 4.69) is 21.2 Å². The van der Waals surface area contributed by atoms with E-state index in [0.29, 0.717) is 13.1 Å². The number of amides is 1. The number of likely N-dealkylation sites (N-methyl/N-ethyl adjacent to an activating group) is 1. The summed E-state index contributed by atoms with van der Waals surface area (Å²) in [6, 6.07) is 15.5. The Labute approximate surface area is 150 Å². The van der Waals surface area contributed by atoms with Crippen LogP contribution >= 0.6 is 27.5 Å². The van der Waals surface area contributed by atoms with Crippen LogP contribution in [0.25, 0.3) is 0 Å². The van der Waals surface area contributed by atoms with Crippen LogP contribution in [0.4, 0.5) is 0 Å². The monoisotopic (exact) mass is 394 g/mol. The summed E-state index contributed by atoms with van der Waals surface area (Å²) in [4.78, 5) is 14.2. The summed E-state index contributed by atoms with van der Waals surface area (Å²) >= 11 is 9.39. The molecule has 0 aliphatic rings. The zero-order valence-corrected chi connectivity index (χ0v) is 15.6. The Morgan fingerprint density at radius 2 is 1.87 bits per heavy atom. The average Bonchev–Trinajstić information content (AvgIpc) is 2.49. The molecule has 2 aromatic rings. The maximum Gasteiger partial charge on any atom is 0.234 e. The molecule has 1 N–H and O–H groups in total. The first kappa shape index (κ1) is 18.0. The fraction of sp³-hybridized carbons (Fsp3) is 0.278. The van der Waals surface area contributed by atoms with Gasteiger partial charge in [-0.1, -0.05) is 57.9 Å². The summed E-state index contributed by atoms with van der Waals surface area (Å²) in [5.41, 5.74) is 2.20. The number of halogens is 2. The van der Waals surface area contributed by atoms with Gasteiger partial charge in [0.2, 0.25) is 5.91 Å². The number of rotatable bonds is 6. The van der Waals surface area contributed by atoms with Crippen LogP contribution in [0.3, 0.4) is 0 Å². The highest BCUT2D eigenvalue weighted by Crippen LogP contribution is 2.22. The van der Waals surface area contributed by atoms with Crippen LogP contribution in [0.2, 0.25) is 5.02 Å². The van der Waals surface area contributed by atoms with E-state index in [4.69, 9.17) is 11.6 Å². The zero-order chi connectivity index (χ0) is 16.8. The molecule has 0 radical (unpaired) electrons. The smallest absolute Gasteiger partial charge is 0.234 e. The lowest BCUT2D eigenvalue weighted by molar-refractivity contribution is -0.122. The molecule has 0 aromatic heterocycles. The maximum atomic E-state index is 12.2. The van der Waals surface area contributed by atoms with E-state index in [1.54, 1.807) is 0 Å². The fourth-order valence-corrected chi connectivity index (χ4v) is 3.15. The lowest BCUT2D eigenvalue weighted by Crippen LogP contribution is -2.36. The van der Waals surface area contributed by atoms with Gasteiger partial charge < -0.3 is 5.32 Å². The van der Waals surface area contributed by atoms with Gasteiger partial charge in [0, 0.05) is 16.0 Å². The Morgan fingerprint density at radius 3 is 2.52 bits per heavy atom. The number of carbonyl (C=O) groups is 1. The van der Waals surface area contributed by atoms with Crippen molar-refractivity contribution in [1.29, 1.82) is 0 Å². The summed E-state index contributed by atoms with van der Waals surface area (Å²) in [5, 5.41) is 3.75. The third kappa shape index (κ3) is 5.65. The Kier molecular flexibility index (Phi) is 6.63. The van der Waals surface area contributed by atoms with Crippen molar-refractivity contribution >= 4 is 33.4 Å². The lowest BCUT2D eigenvalue weighted by Gasteiger charge is -2.20. The molecule has 1 amide bonds. The van der Waals surface area contributed by atoms with Crippen LogP contribution in [-0.4, -0.2) is 24.4 Å². The molecule has 3 nitrogen and oxygen atoms in total. The summed E-state index contributed by atoms with van der Waals surface area (Å²) in [6.07, 6.45) is 0. The van der Waals surface area contributed by atoms with Crippen LogP contribution in [0.1, 0.15) is 24.1 Å². The van der Waals surface area contributed by atoms with Crippen molar-refractivity contribution in [2.75, 3.05) is 13.6 Å². The summed E-state index contributed by atoms with van der Waals surface area (Å²) in [6.45, 7) is 3.03. The minimum absolute atomic E-state index is 0.00437. The SMILES string of the molecule is C[C@H](NC(=O)CN(C)Cc1ccc(Cl)cc1)c1ccccc1Br. The van der Waals surface area contributed by atoms with Crippen molar-refractivity contribution in [2.24, 2.45) is 0 Å². The molecule has 0 saturated heterocycles. The topological polar surface area (TPSA) is 32.3 Å². The largest absolute Gasteiger partial charge is 0.348 e. The standard InChI is InChI=1S/C18H20BrClN2O/c1-13(16-5-3-4-6-17(16)19)21-18(23)12-22(2)11-14-7-9-15(20)10-8-14/h3-10,13H,11-12H2,1-2H3,(H,21,23)/t13-/m0/s1. The van der Waals surface area contributed by atoms with E-state index in [9.17, 15) is 4.79 Å². The van der Waals surface area contributed by atoms with Gasteiger partial charge in [-0.3, -0.25) is 9.69 Å². The molecule has 0 aliphatic heterocycles. The number of carbonyl (C=O) groups excluding carboxylic acids is 1. The van der Waals surface area contributed by atoms with Gasteiger partial charge in [-0.2, -0.15) is 0 Å². The van der Waals surface area contributed by atoms with E-state index in [1.807, 2.05) is 67.4 Å². The maximum absolute atomic E-state index is 12.2. The molecule has 0 heterocycles. The molecule has 2 aromatic carbocycles. The molecule has 0 aliphatic carbocycles. The predicted octanol–water partition coefficient (Wildman–Crippen LogP) is 4.41. The molecule has 122 valence electrons. The second kappa shape index (κ2) is 8.48. The highest BCUT2D eigenvalue weighted by atomic mass is 79.9. The number of benzene rings is 2. The van der Waals surface area contributed by atoms with Gasteiger partial charge in [-0.05, 0) is 43.3 Å². The zero-order valence-electron chi connectivity index (χ0n) is 13.2. The van der Waals surface area contributed by atoms with Crippen LogP contribution < -0.4 is 5.32 Å². The average molecular weight is 396 g/mol. The molecule has 0 unspecified atom stereocenters. The van der Waals surface area contributed by atoms with Gasteiger partial charge in [0.25, 0.3) is 0 Å². The van der Waals surface area contributed by atoms with E-state index < -0.39 is 0 Å². The Bertz CT molecular complexity index is 660. The Balaban J connectivity index is 1.86. The molecule has 0 spiro atoms. The first-order valence-corrected chi connectivity index (χ1v) is 8.59. The number of nitrogens with one attached hydrogen (secondary N) is 1. The van der Waals surface area contributed by atoms with Crippen LogP contribution in [0.5, 0.6) is 0 Å². The fourth-order valence-electron chi connectivity index (χ4n) is 2.39. The molecule has 23 heavy (non-hydrogen) atoms. The summed E-state index contributed by atoms with van der Waals surface area (Å²) < 4.78 is 1.00. The van der Waals surface area contributed by atoms with E-state index >= 15 is 0 Å². The lowest BCUT2D eigenvalue weighted by atomic mass is 10.1. The molecule has 0 saturated carbocycles. The Hall–Kier alpha value is -1.36. The molecular formula is C18H20BrClN2O. The number of hydrogen-bond donors (Lipinski definition) is 1. The highest BCUT2D eigenvalue weighted by Gasteiger charge is 2.13. The van der Waals surface area contributed by atoms with E-state index in [-0.39, 0.29) is 11.9 Å². The first-order chi connectivity index (χ1) is 11.0. The number of hydrogen-bond acceptors (Lipinski definition) is 2. The summed E-state index contributed by atoms with van der Waals surface area (Å²) in [7, 11) is 1.93. The normalized spacial score (nSPS) is 12.2. The van der Waals surface area contributed by atoms with Crippen molar-refractivity contribution in [2.45, 2.75) is 19.5 Å². The van der Waals surface area contributed by atoms with Gasteiger partial charge in [0.1, 0.15) is 0 Å². The second-order valence-electron chi connectivity index (χ2n) is 5.61. The van der Waals surface area contributed by atoms with Crippen molar-refractivity contribution in [3.63, 3.8) is 0 Å². The van der Waals surface area contributed by atoms with Gasteiger partial charge in [0.05, 0.1) is 12.6 Å². The second-order valence-corrected chi connectivity index (χ2v) is 6.90. The molecule has 0 fully saturated rings. The predicted molar refractivity (Wildman–Crippen MR) is 98.5 cm³/mol. The van der Waals surface area contributed by atoms with Crippen LogP contribution in [0, 0.1) is 0 Å². The van der Waals surface area contributed by atoms with E-state index in [1.165, 1.54) is 0 Å². The molecule has 5 heteroatoms. The van der Waals surface area contributed by atoms with E-state index in [0.717, 1.165) is 20.6 Å². The molecular weight excluding hydrogens is 376 g/mol. The Morgan fingerprint density at radius 1 is 1.22 bits per heavy atom.